The Morgan fingerprint density at radius 2 is 0.647 bits per heavy atom. The highest BCUT2D eigenvalue weighted by Crippen LogP contribution is 2.59. The van der Waals surface area contributed by atoms with E-state index in [1.54, 1.807) is 60.7 Å². The molecule has 0 radical (unpaired) electrons. The molecular formula is C115H137F5N8O4S. The molecule has 18 heteroatoms. The number of aliphatic hydroxyl groups is 2. The van der Waals surface area contributed by atoms with Crippen LogP contribution in [0.1, 0.15) is 221 Å². The molecular weight excluding hydrogens is 1680 g/mol. The number of hydrogen-bond donors (Lipinski definition) is 3. The monoisotopic (exact) mass is 1820 g/mol. The third-order valence-corrected chi connectivity index (χ3v) is 33.4. The SMILES string of the molecule is CC(C)(C)OCCN1CCN(CC2CC3c4ccccc4Cc4ccc(F)cc4C3C2)CC1.OC(CCN1CCN(CC2CC3c4ccccc4Cc4ccc(F)cc4C3C2)CC1)c1ccc(F)cc1.OCCN1CCN(CC2CC3c4ccccc4Sc4ccc(F)cc4C3C2)CC1.Oc1ccc(CN2CCN(CC3CC4c5ccccc5Cc5ccc(F)cc5C4C3)CC2)cc1. The largest absolute Gasteiger partial charge is 0.508 e. The molecule has 5 heterocycles. The van der Waals surface area contributed by atoms with Crippen molar-refractivity contribution in [1.29, 1.82) is 0 Å². The Morgan fingerprint density at radius 1 is 0.331 bits per heavy atom. The summed E-state index contributed by atoms with van der Waals surface area (Å²) in [7, 11) is 0. The molecule has 0 bridgehead atoms. The van der Waals surface area contributed by atoms with Gasteiger partial charge in [0.1, 0.15) is 34.8 Å². The molecule has 10 aromatic carbocycles. The Kier molecular flexibility index (Phi) is 30.0. The number of ether oxygens (including phenoxy) is 1. The van der Waals surface area contributed by atoms with E-state index in [-0.39, 0.29) is 41.3 Å². The first-order valence-electron chi connectivity index (χ1n) is 50.1. The van der Waals surface area contributed by atoms with Gasteiger partial charge in [0.05, 0.1) is 24.9 Å². The van der Waals surface area contributed by atoms with Crippen molar-refractivity contribution in [2.24, 2.45) is 23.7 Å². The summed E-state index contributed by atoms with van der Waals surface area (Å²) in [5.74, 6) is 5.89. The highest BCUT2D eigenvalue weighted by atomic mass is 32.2. The minimum absolute atomic E-state index is 0.0554. The minimum atomic E-state index is -0.555. The van der Waals surface area contributed by atoms with Gasteiger partial charge in [0.2, 0.25) is 0 Å². The number of benzene rings is 10. The summed E-state index contributed by atoms with van der Waals surface area (Å²) in [6.07, 6.45) is 12.2. The average molecular weight is 1820 g/mol. The Morgan fingerprint density at radius 3 is 1.06 bits per heavy atom. The molecule has 0 amide bonds. The predicted octanol–water partition coefficient (Wildman–Crippen LogP) is 21.0. The third kappa shape index (κ3) is 22.9. The quantitative estimate of drug-likeness (QED) is 0.0672. The van der Waals surface area contributed by atoms with E-state index in [0.717, 1.165) is 201 Å². The zero-order valence-electron chi connectivity index (χ0n) is 78.3. The number of piperazine rings is 4. The van der Waals surface area contributed by atoms with E-state index < -0.39 is 6.10 Å². The summed E-state index contributed by atoms with van der Waals surface area (Å²) in [6.45, 7) is 32.9. The summed E-state index contributed by atoms with van der Waals surface area (Å²) in [6, 6.07) is 71.0. The van der Waals surface area contributed by atoms with E-state index >= 15 is 0 Å². The maximum Gasteiger partial charge on any atom is 0.123 e. The molecule has 0 spiro atoms. The van der Waals surface area contributed by atoms with Crippen LogP contribution in [0.2, 0.25) is 0 Å². The molecule has 13 unspecified atom stereocenters. The molecule has 8 fully saturated rings. The lowest BCUT2D eigenvalue weighted by Crippen LogP contribution is -2.48. The third-order valence-electron chi connectivity index (χ3n) is 32.2. The van der Waals surface area contributed by atoms with Gasteiger partial charge in [-0.15, -0.1) is 0 Å². The van der Waals surface area contributed by atoms with Crippen molar-refractivity contribution < 1.29 is 42.0 Å². The topological polar surface area (TPSA) is 95.8 Å². The van der Waals surface area contributed by atoms with Crippen molar-refractivity contribution in [2.45, 2.75) is 173 Å². The second-order valence-electron chi connectivity index (χ2n) is 41.9. The van der Waals surface area contributed by atoms with Crippen LogP contribution < -0.4 is 0 Å². The van der Waals surface area contributed by atoms with Gasteiger partial charge in [0.25, 0.3) is 0 Å². The zero-order valence-corrected chi connectivity index (χ0v) is 79.1. The van der Waals surface area contributed by atoms with Crippen LogP contribution in [-0.4, -0.2) is 224 Å². The smallest absolute Gasteiger partial charge is 0.123 e. The van der Waals surface area contributed by atoms with Gasteiger partial charge in [-0.25, -0.2) is 22.0 Å². The second-order valence-corrected chi connectivity index (χ2v) is 43.0. The highest BCUT2D eigenvalue weighted by Gasteiger charge is 2.46. The molecule has 702 valence electrons. The van der Waals surface area contributed by atoms with E-state index in [1.165, 1.54) is 144 Å². The highest BCUT2D eigenvalue weighted by molar-refractivity contribution is 7.99. The Hall–Kier alpha value is -8.44. The number of phenols is 1. The molecule has 7 aliphatic carbocycles. The molecule has 13 atom stereocenters. The molecule has 4 saturated heterocycles. The molecule has 3 N–H and O–H groups in total. The minimum Gasteiger partial charge on any atom is -0.508 e. The number of fused-ring (bicyclic) bond motifs is 20. The van der Waals surface area contributed by atoms with Crippen molar-refractivity contribution >= 4 is 11.8 Å². The van der Waals surface area contributed by atoms with Crippen molar-refractivity contribution in [1.82, 2.24) is 39.2 Å². The van der Waals surface area contributed by atoms with Crippen LogP contribution in [-0.2, 0) is 30.5 Å². The Balaban J connectivity index is 0.000000115. The Bertz CT molecular complexity index is 5550. The first-order valence-corrected chi connectivity index (χ1v) is 50.9. The number of β-amino-alcohol motifs (C(OH)–C–C–N with tert-alkyl or cyclic N) is 1. The van der Waals surface area contributed by atoms with Gasteiger partial charge in [-0.2, -0.15) is 0 Å². The van der Waals surface area contributed by atoms with Crippen molar-refractivity contribution in [3.8, 4) is 5.75 Å². The molecule has 12 nitrogen and oxygen atoms in total. The number of halogens is 5. The van der Waals surface area contributed by atoms with E-state index in [2.05, 4.69) is 157 Å². The first kappa shape index (κ1) is 93.6. The van der Waals surface area contributed by atoms with Crippen molar-refractivity contribution in [3.05, 3.63) is 336 Å². The lowest BCUT2D eigenvalue weighted by atomic mass is 9.84. The normalized spacial score (nSPS) is 25.5. The van der Waals surface area contributed by atoms with Gasteiger partial charge < -0.3 is 44.6 Å². The van der Waals surface area contributed by atoms with Crippen LogP contribution in [0.15, 0.2) is 228 Å². The number of aliphatic hydroxyl groups excluding tert-OH is 2. The fraction of sp³-hybridized carbons (Fsp3) is 0.478. The number of nitrogens with zero attached hydrogens (tertiary/aromatic N) is 8. The lowest BCUT2D eigenvalue weighted by Gasteiger charge is -2.36. The van der Waals surface area contributed by atoms with E-state index in [9.17, 15) is 32.2 Å². The molecule has 0 aromatic heterocycles. The van der Waals surface area contributed by atoms with Gasteiger partial charge >= 0.3 is 0 Å². The van der Waals surface area contributed by atoms with Crippen LogP contribution in [0.5, 0.6) is 5.75 Å². The number of hydrogen-bond acceptors (Lipinski definition) is 13. The zero-order chi connectivity index (χ0) is 91.2. The summed E-state index contributed by atoms with van der Waals surface area (Å²) < 4.78 is 76.0. The fourth-order valence-corrected chi connectivity index (χ4v) is 26.8. The maximum absolute atomic E-state index is 14.3. The second kappa shape index (κ2) is 42.7. The summed E-state index contributed by atoms with van der Waals surface area (Å²) in [4.78, 5) is 22.9. The lowest BCUT2D eigenvalue weighted by molar-refractivity contribution is -0.0182. The van der Waals surface area contributed by atoms with Crippen LogP contribution in [0.3, 0.4) is 0 Å². The van der Waals surface area contributed by atoms with E-state index in [1.807, 2.05) is 60.3 Å². The van der Waals surface area contributed by atoms with Gasteiger partial charge in [-0.3, -0.25) is 14.7 Å². The maximum atomic E-state index is 14.3. The summed E-state index contributed by atoms with van der Waals surface area (Å²) in [5, 5.41) is 29.1. The van der Waals surface area contributed by atoms with Gasteiger partial charge in [0.15, 0.2) is 0 Å². The molecule has 10 aromatic rings. The number of rotatable bonds is 19. The van der Waals surface area contributed by atoms with Crippen LogP contribution in [0.25, 0.3) is 0 Å². The molecule has 133 heavy (non-hydrogen) atoms. The summed E-state index contributed by atoms with van der Waals surface area (Å²) >= 11 is 1.81. The van der Waals surface area contributed by atoms with Crippen molar-refractivity contribution in [2.75, 3.05) is 164 Å². The number of aromatic hydroxyl groups is 1. The van der Waals surface area contributed by atoms with Crippen LogP contribution in [0, 0.1) is 52.8 Å². The van der Waals surface area contributed by atoms with Gasteiger partial charge in [-0.05, 0) is 343 Å². The fourth-order valence-electron chi connectivity index (χ4n) is 25.6. The number of phenolic OH excluding ortho intramolecular Hbond substituents is 1. The summed E-state index contributed by atoms with van der Waals surface area (Å²) in [5.41, 5.74) is 21.0. The van der Waals surface area contributed by atoms with Gasteiger partial charge in [-0.1, -0.05) is 145 Å². The van der Waals surface area contributed by atoms with E-state index in [4.69, 9.17) is 9.84 Å². The van der Waals surface area contributed by atoms with Crippen LogP contribution in [0.4, 0.5) is 22.0 Å². The van der Waals surface area contributed by atoms with Gasteiger partial charge in [0, 0.05) is 167 Å². The molecule has 5 aliphatic heterocycles. The first-order chi connectivity index (χ1) is 64.7. The average Bonchev–Trinajstić information content (AvgIpc) is 1.63. The van der Waals surface area contributed by atoms with Crippen molar-refractivity contribution in [3.63, 3.8) is 0 Å². The Labute approximate surface area is 790 Å². The standard InChI is InChI=1S/C32H36F2N2O.C30H33FN2O.C29H39FN2O.C24H29FN2OS/c33-26-8-5-23(6-9-26)32(37)11-12-35-13-15-36(16-14-35)21-22-17-30-28-4-2-1-3-24(28)19-25-7-10-27(34)20-29(25)31(30)18-22;31-25-8-7-24-17-23-3-1-2-4-27(23)29-15-22(16-30(29)28(24)18-25)20-33-13-11-32(12-14-33)19-21-5-9-26(34)10-6-21;1-29(2,3)33-15-14-31-10-12-32(13-11-31)20-21-16-27-25-7-5-4-6-22(25)18-23-8-9-24(30)19-26(23)28(27)17-21;25-18-5-6-24-22(15-18)21-14-17(16-27-9-7-26(8-10-27)11-12-28)13-20(21)19-3-1-2-4-23(19)29-24/h1-10,20,22,30-32,37H,11-19,21H2;1-10,18,22,29-30,34H,11-17,19-20H2;4-9,19,21,27-28H,10-18,20H2,1-3H3;1-6,15,17,20-21,28H,7-14,16H2. The molecule has 22 rings (SSSR count). The van der Waals surface area contributed by atoms with Crippen LogP contribution >= 0.6 is 11.8 Å². The molecule has 4 saturated carbocycles. The molecule has 12 aliphatic rings. The predicted molar refractivity (Wildman–Crippen MR) is 524 cm³/mol. The van der Waals surface area contributed by atoms with E-state index in [0.29, 0.717) is 83.2 Å².